The molecule has 0 amide bonds. The molecular weight excluding hydrogens is 505 g/mol. The maximum absolute atomic E-state index is 13.6. The highest BCUT2D eigenvalue weighted by Crippen LogP contribution is 2.31. The zero-order valence-corrected chi connectivity index (χ0v) is 21.9. The standard InChI is InChI=1S/C27H29ClFN9/c1-36-10-12-37(13-11-36)19-5-7-24(30-16-19)34-25-15-20-23(17-31-25)33-27(35-26(20)38-8-2-3-9-38)32-18-4-6-22(29)21(28)14-18/h4-7,14-17H,2-3,8-13H2,1H3,(H,30,31,34)(H,32,33,35). The molecule has 2 saturated heterocycles. The Kier molecular flexibility index (Phi) is 6.82. The summed E-state index contributed by atoms with van der Waals surface area (Å²) >= 11 is 5.96. The van der Waals surface area contributed by atoms with Gasteiger partial charge < -0.3 is 25.3 Å². The fourth-order valence-corrected chi connectivity index (χ4v) is 5.04. The van der Waals surface area contributed by atoms with Gasteiger partial charge in [0.25, 0.3) is 0 Å². The molecule has 0 saturated carbocycles. The number of aromatic nitrogens is 4. The van der Waals surface area contributed by atoms with E-state index in [1.54, 1.807) is 12.3 Å². The fraction of sp³-hybridized carbons (Fsp3) is 0.333. The minimum atomic E-state index is -0.470. The maximum atomic E-state index is 13.6. The fourth-order valence-electron chi connectivity index (χ4n) is 4.86. The van der Waals surface area contributed by atoms with Crippen molar-refractivity contribution in [1.82, 2.24) is 24.8 Å². The van der Waals surface area contributed by atoms with Gasteiger partial charge in [0.1, 0.15) is 23.3 Å². The van der Waals surface area contributed by atoms with Crippen LogP contribution in [0.1, 0.15) is 12.8 Å². The molecule has 6 rings (SSSR count). The summed E-state index contributed by atoms with van der Waals surface area (Å²) in [6.07, 6.45) is 5.87. The van der Waals surface area contributed by atoms with Crippen molar-refractivity contribution in [3.8, 4) is 0 Å². The van der Waals surface area contributed by atoms with Crippen molar-refractivity contribution in [2.24, 2.45) is 0 Å². The summed E-state index contributed by atoms with van der Waals surface area (Å²) in [6, 6.07) is 10.5. The molecule has 0 radical (unpaired) electrons. The highest BCUT2D eigenvalue weighted by Gasteiger charge is 2.20. The number of hydrogen-bond donors (Lipinski definition) is 2. The lowest BCUT2D eigenvalue weighted by Crippen LogP contribution is -2.44. The molecule has 1 aromatic carbocycles. The van der Waals surface area contributed by atoms with E-state index in [0.717, 1.165) is 74.8 Å². The highest BCUT2D eigenvalue weighted by atomic mass is 35.5. The van der Waals surface area contributed by atoms with Gasteiger partial charge in [-0.2, -0.15) is 4.98 Å². The van der Waals surface area contributed by atoms with Gasteiger partial charge in [0, 0.05) is 50.3 Å². The molecule has 0 spiro atoms. The van der Waals surface area contributed by atoms with E-state index in [-0.39, 0.29) is 5.02 Å². The molecule has 2 aliphatic rings. The molecule has 196 valence electrons. The van der Waals surface area contributed by atoms with E-state index < -0.39 is 5.82 Å². The van der Waals surface area contributed by atoms with Gasteiger partial charge in [0.2, 0.25) is 5.95 Å². The monoisotopic (exact) mass is 533 g/mol. The van der Waals surface area contributed by atoms with Gasteiger partial charge in [-0.1, -0.05) is 11.6 Å². The lowest BCUT2D eigenvalue weighted by atomic mass is 10.2. The quantitative estimate of drug-likeness (QED) is 0.353. The number of fused-ring (bicyclic) bond motifs is 1. The van der Waals surface area contributed by atoms with Crippen molar-refractivity contribution in [1.29, 1.82) is 0 Å². The SMILES string of the molecule is CN1CCN(c2ccc(Nc3cc4c(N5CCCC5)nc(Nc5ccc(F)c(Cl)c5)nc4cn3)nc2)CC1. The first kappa shape index (κ1) is 24.6. The van der Waals surface area contributed by atoms with Crippen molar-refractivity contribution >= 4 is 57.3 Å². The van der Waals surface area contributed by atoms with Gasteiger partial charge in [-0.3, -0.25) is 0 Å². The molecule has 3 aromatic heterocycles. The molecule has 2 N–H and O–H groups in total. The van der Waals surface area contributed by atoms with Crippen LogP contribution in [0.4, 0.5) is 39.2 Å². The van der Waals surface area contributed by atoms with Crippen molar-refractivity contribution in [2.75, 3.05) is 66.7 Å². The van der Waals surface area contributed by atoms with Crippen LogP contribution < -0.4 is 20.4 Å². The lowest BCUT2D eigenvalue weighted by Gasteiger charge is -2.33. The molecule has 2 fully saturated rings. The third-order valence-corrected chi connectivity index (χ3v) is 7.31. The molecule has 4 aromatic rings. The highest BCUT2D eigenvalue weighted by molar-refractivity contribution is 6.31. The molecule has 5 heterocycles. The summed E-state index contributed by atoms with van der Waals surface area (Å²) < 4.78 is 13.6. The smallest absolute Gasteiger partial charge is 0.229 e. The predicted octanol–water partition coefficient (Wildman–Crippen LogP) is 5.05. The average Bonchev–Trinajstić information content (AvgIpc) is 3.47. The van der Waals surface area contributed by atoms with Crippen LogP contribution in [0.3, 0.4) is 0 Å². The van der Waals surface area contributed by atoms with Crippen LogP contribution in [0.25, 0.3) is 10.9 Å². The molecule has 0 bridgehead atoms. The normalized spacial score (nSPS) is 16.3. The van der Waals surface area contributed by atoms with E-state index >= 15 is 0 Å². The van der Waals surface area contributed by atoms with Gasteiger partial charge in [-0.15, -0.1) is 0 Å². The second-order valence-electron chi connectivity index (χ2n) is 9.72. The van der Waals surface area contributed by atoms with E-state index in [1.807, 2.05) is 18.3 Å². The molecule has 38 heavy (non-hydrogen) atoms. The van der Waals surface area contributed by atoms with Crippen molar-refractivity contribution < 1.29 is 4.39 Å². The van der Waals surface area contributed by atoms with Crippen LogP contribution in [-0.2, 0) is 0 Å². The second kappa shape index (κ2) is 10.5. The van der Waals surface area contributed by atoms with E-state index in [0.29, 0.717) is 23.0 Å². The number of nitrogens with one attached hydrogen (secondary N) is 2. The van der Waals surface area contributed by atoms with Crippen LogP contribution in [0.15, 0.2) is 48.8 Å². The van der Waals surface area contributed by atoms with Crippen molar-refractivity contribution in [3.05, 3.63) is 59.6 Å². The molecule has 2 aliphatic heterocycles. The predicted molar refractivity (Wildman–Crippen MR) is 151 cm³/mol. The maximum Gasteiger partial charge on any atom is 0.229 e. The Hall–Kier alpha value is -3.76. The molecule has 0 unspecified atom stereocenters. The Morgan fingerprint density at radius 3 is 2.34 bits per heavy atom. The molecule has 0 atom stereocenters. The number of nitrogens with zero attached hydrogens (tertiary/aromatic N) is 7. The van der Waals surface area contributed by atoms with E-state index in [4.69, 9.17) is 16.6 Å². The number of rotatable bonds is 6. The summed E-state index contributed by atoms with van der Waals surface area (Å²) in [4.78, 5) is 25.7. The Morgan fingerprint density at radius 2 is 1.61 bits per heavy atom. The number of pyridine rings is 2. The van der Waals surface area contributed by atoms with Gasteiger partial charge in [0.15, 0.2) is 0 Å². The lowest BCUT2D eigenvalue weighted by molar-refractivity contribution is 0.313. The second-order valence-corrected chi connectivity index (χ2v) is 10.1. The van der Waals surface area contributed by atoms with E-state index in [9.17, 15) is 4.39 Å². The number of halogens is 2. The molecule has 11 heteroatoms. The number of anilines is 6. The van der Waals surface area contributed by atoms with Gasteiger partial charge in [-0.05, 0) is 56.3 Å². The Labute approximate surface area is 225 Å². The van der Waals surface area contributed by atoms with Crippen molar-refractivity contribution in [3.63, 3.8) is 0 Å². The first-order valence-corrected chi connectivity index (χ1v) is 13.2. The number of benzene rings is 1. The largest absolute Gasteiger partial charge is 0.368 e. The van der Waals surface area contributed by atoms with Crippen LogP contribution in [0.5, 0.6) is 0 Å². The topological polar surface area (TPSA) is 85.3 Å². The Balaban J connectivity index is 1.26. The minimum absolute atomic E-state index is 0.0399. The summed E-state index contributed by atoms with van der Waals surface area (Å²) in [5.41, 5.74) is 2.45. The number of piperazine rings is 1. The summed E-state index contributed by atoms with van der Waals surface area (Å²) in [7, 11) is 2.15. The first-order valence-electron chi connectivity index (χ1n) is 12.8. The molecule has 9 nitrogen and oxygen atoms in total. The zero-order chi connectivity index (χ0) is 26.1. The van der Waals surface area contributed by atoms with Crippen LogP contribution in [-0.4, -0.2) is 71.2 Å². The minimum Gasteiger partial charge on any atom is -0.368 e. The Bertz CT molecular complexity index is 1430. The van der Waals surface area contributed by atoms with Crippen molar-refractivity contribution in [2.45, 2.75) is 12.8 Å². The average molecular weight is 534 g/mol. The summed E-state index contributed by atoms with van der Waals surface area (Å²) in [6.45, 7) is 5.96. The third-order valence-electron chi connectivity index (χ3n) is 7.02. The molecule has 0 aliphatic carbocycles. The zero-order valence-electron chi connectivity index (χ0n) is 21.2. The van der Waals surface area contributed by atoms with Gasteiger partial charge >= 0.3 is 0 Å². The van der Waals surface area contributed by atoms with E-state index in [1.165, 1.54) is 12.1 Å². The Morgan fingerprint density at radius 1 is 0.816 bits per heavy atom. The molecular formula is C27H29ClFN9. The third kappa shape index (κ3) is 5.27. The first-order chi connectivity index (χ1) is 18.5. The summed E-state index contributed by atoms with van der Waals surface area (Å²) in [5, 5.41) is 7.43. The van der Waals surface area contributed by atoms with Crippen LogP contribution in [0.2, 0.25) is 5.02 Å². The van der Waals surface area contributed by atoms with Gasteiger partial charge in [-0.25, -0.2) is 19.3 Å². The van der Waals surface area contributed by atoms with Crippen LogP contribution in [0, 0.1) is 5.82 Å². The van der Waals surface area contributed by atoms with E-state index in [2.05, 4.69) is 53.4 Å². The number of hydrogen-bond acceptors (Lipinski definition) is 9. The van der Waals surface area contributed by atoms with Gasteiger partial charge in [0.05, 0.1) is 28.6 Å². The number of likely N-dealkylation sites (N-methyl/N-ethyl adjacent to an activating group) is 1. The van der Waals surface area contributed by atoms with Crippen LogP contribution >= 0.6 is 11.6 Å². The summed E-state index contributed by atoms with van der Waals surface area (Å²) in [5.74, 6) is 2.18.